The highest BCUT2D eigenvalue weighted by atomic mass is 32.1. The Hall–Kier alpha value is -3.50. The number of nitrogens with zero attached hydrogens (tertiary/aromatic N) is 2. The number of benzene rings is 2. The fourth-order valence-corrected chi connectivity index (χ4v) is 3.46. The zero-order chi connectivity index (χ0) is 20.8. The van der Waals surface area contributed by atoms with Gasteiger partial charge in [0.2, 0.25) is 0 Å². The molecule has 0 bridgehead atoms. The van der Waals surface area contributed by atoms with Crippen molar-refractivity contribution in [3.05, 3.63) is 70.4 Å². The monoisotopic (exact) mass is 407 g/mol. The molecular weight excluding hydrogens is 389 g/mol. The Morgan fingerprint density at radius 1 is 1.24 bits per heavy atom. The highest BCUT2D eigenvalue weighted by molar-refractivity contribution is 7.16. The molecular formula is C22H18FN3O2S. The molecule has 1 aromatic heterocycles. The third-order valence-electron chi connectivity index (χ3n) is 4.00. The molecule has 2 aromatic carbocycles. The first-order valence-corrected chi connectivity index (χ1v) is 9.71. The highest BCUT2D eigenvalue weighted by Gasteiger charge is 2.15. The number of anilines is 1. The molecule has 1 N–H and O–H groups in total. The van der Waals surface area contributed by atoms with E-state index in [2.05, 4.69) is 10.3 Å². The van der Waals surface area contributed by atoms with Gasteiger partial charge in [0.05, 0.1) is 12.3 Å². The van der Waals surface area contributed by atoms with E-state index in [4.69, 9.17) is 4.74 Å². The lowest BCUT2D eigenvalue weighted by molar-refractivity contribution is -0.112. The van der Waals surface area contributed by atoms with Crippen molar-refractivity contribution in [3.63, 3.8) is 0 Å². The smallest absolute Gasteiger partial charge is 0.268 e. The Morgan fingerprint density at radius 3 is 2.55 bits per heavy atom. The van der Waals surface area contributed by atoms with E-state index in [1.165, 1.54) is 29.5 Å². The van der Waals surface area contributed by atoms with Crippen molar-refractivity contribution in [1.29, 1.82) is 5.26 Å². The SMILES string of the molecule is CCOc1ccc(/C=C(\C#N)C(=O)Nc2nc(-c3ccc(F)cc3)c(C)s2)cc1. The summed E-state index contributed by atoms with van der Waals surface area (Å²) >= 11 is 1.29. The first kappa shape index (κ1) is 20.2. The molecule has 7 heteroatoms. The maximum absolute atomic E-state index is 13.1. The van der Waals surface area contributed by atoms with Crippen LogP contribution in [0.4, 0.5) is 9.52 Å². The largest absolute Gasteiger partial charge is 0.494 e. The molecule has 0 unspecified atom stereocenters. The number of thiazole rings is 1. The molecule has 0 radical (unpaired) electrons. The Morgan fingerprint density at radius 2 is 1.93 bits per heavy atom. The van der Waals surface area contributed by atoms with Gasteiger partial charge in [0.15, 0.2) is 5.13 Å². The van der Waals surface area contributed by atoms with Crippen LogP contribution in [0.3, 0.4) is 0 Å². The summed E-state index contributed by atoms with van der Waals surface area (Å²) in [5.41, 5.74) is 2.10. The summed E-state index contributed by atoms with van der Waals surface area (Å²) in [5.74, 6) is -0.145. The minimum atomic E-state index is -0.541. The molecule has 1 heterocycles. The normalized spacial score (nSPS) is 11.0. The van der Waals surface area contributed by atoms with Gasteiger partial charge in [0.1, 0.15) is 23.2 Å². The van der Waals surface area contributed by atoms with Crippen molar-refractivity contribution in [1.82, 2.24) is 4.98 Å². The van der Waals surface area contributed by atoms with E-state index in [-0.39, 0.29) is 11.4 Å². The van der Waals surface area contributed by atoms with E-state index in [1.807, 2.05) is 19.9 Å². The van der Waals surface area contributed by atoms with Crippen LogP contribution in [0.1, 0.15) is 17.4 Å². The number of ether oxygens (including phenoxy) is 1. The summed E-state index contributed by atoms with van der Waals surface area (Å²) < 4.78 is 18.5. The Balaban J connectivity index is 1.77. The number of amides is 1. The number of aromatic nitrogens is 1. The number of nitrogens with one attached hydrogen (secondary N) is 1. The quantitative estimate of drug-likeness (QED) is 0.450. The number of carbonyl (C=O) groups is 1. The number of aryl methyl sites for hydroxylation is 1. The van der Waals surface area contributed by atoms with E-state index < -0.39 is 5.91 Å². The molecule has 0 aliphatic heterocycles. The van der Waals surface area contributed by atoms with Crippen molar-refractivity contribution in [3.8, 4) is 23.1 Å². The maximum atomic E-state index is 13.1. The van der Waals surface area contributed by atoms with E-state index in [9.17, 15) is 14.4 Å². The van der Waals surface area contributed by atoms with E-state index in [0.29, 0.717) is 23.0 Å². The molecule has 1 amide bonds. The number of nitriles is 1. The Bertz CT molecular complexity index is 1080. The third-order valence-corrected chi connectivity index (χ3v) is 4.89. The molecule has 0 aliphatic rings. The number of hydrogen-bond acceptors (Lipinski definition) is 5. The van der Waals surface area contributed by atoms with Gasteiger partial charge in [-0.25, -0.2) is 9.37 Å². The zero-order valence-corrected chi connectivity index (χ0v) is 16.7. The van der Waals surface area contributed by atoms with Crippen LogP contribution in [0.2, 0.25) is 0 Å². The fourth-order valence-electron chi connectivity index (χ4n) is 2.63. The molecule has 5 nitrogen and oxygen atoms in total. The molecule has 3 rings (SSSR count). The van der Waals surface area contributed by atoms with Crippen molar-refractivity contribution >= 4 is 28.5 Å². The molecule has 0 atom stereocenters. The molecule has 0 spiro atoms. The number of hydrogen-bond donors (Lipinski definition) is 1. The Labute approximate surface area is 172 Å². The van der Waals surface area contributed by atoms with Gasteiger partial charge in [0, 0.05) is 10.4 Å². The summed E-state index contributed by atoms with van der Waals surface area (Å²) in [6.45, 7) is 4.33. The second-order valence-corrected chi connectivity index (χ2v) is 7.26. The van der Waals surface area contributed by atoms with Crippen molar-refractivity contribution < 1.29 is 13.9 Å². The summed E-state index contributed by atoms with van der Waals surface area (Å²) in [5, 5.41) is 12.4. The number of rotatable bonds is 6. The van der Waals surface area contributed by atoms with Gasteiger partial charge in [-0.15, -0.1) is 11.3 Å². The lowest BCUT2D eigenvalue weighted by Crippen LogP contribution is -2.13. The van der Waals surface area contributed by atoms with Crippen LogP contribution in [0.15, 0.2) is 54.1 Å². The van der Waals surface area contributed by atoms with Gasteiger partial charge >= 0.3 is 0 Å². The van der Waals surface area contributed by atoms with Gasteiger partial charge in [-0.2, -0.15) is 5.26 Å². The molecule has 29 heavy (non-hydrogen) atoms. The van der Waals surface area contributed by atoms with Crippen molar-refractivity contribution in [2.45, 2.75) is 13.8 Å². The summed E-state index contributed by atoms with van der Waals surface area (Å²) in [6, 6.07) is 15.0. The minimum absolute atomic E-state index is 0.0367. The maximum Gasteiger partial charge on any atom is 0.268 e. The molecule has 0 saturated carbocycles. The van der Waals surface area contributed by atoms with E-state index >= 15 is 0 Å². The van der Waals surface area contributed by atoms with Gasteiger partial charge in [-0.05, 0) is 61.9 Å². The third kappa shape index (κ3) is 5.06. The van der Waals surface area contributed by atoms with Crippen molar-refractivity contribution in [2.75, 3.05) is 11.9 Å². The minimum Gasteiger partial charge on any atom is -0.494 e. The Kier molecular flexibility index (Phi) is 6.37. The topological polar surface area (TPSA) is 75.0 Å². The van der Waals surface area contributed by atoms with Gasteiger partial charge in [-0.3, -0.25) is 10.1 Å². The predicted octanol–water partition coefficient (Wildman–Crippen LogP) is 5.20. The van der Waals surface area contributed by atoms with Gasteiger partial charge < -0.3 is 4.74 Å². The summed E-state index contributed by atoms with van der Waals surface area (Å²) in [7, 11) is 0. The summed E-state index contributed by atoms with van der Waals surface area (Å²) in [6.07, 6.45) is 1.51. The molecule has 0 saturated heterocycles. The van der Waals surface area contributed by atoms with E-state index in [0.717, 1.165) is 16.2 Å². The second-order valence-electron chi connectivity index (χ2n) is 6.06. The molecule has 0 aliphatic carbocycles. The number of halogens is 1. The second kappa shape index (κ2) is 9.13. The lowest BCUT2D eigenvalue weighted by atomic mass is 10.1. The van der Waals surface area contributed by atoms with Crippen LogP contribution in [0, 0.1) is 24.1 Å². The van der Waals surface area contributed by atoms with Crippen LogP contribution in [-0.4, -0.2) is 17.5 Å². The molecule has 0 fully saturated rings. The first-order chi connectivity index (χ1) is 14.0. The van der Waals surface area contributed by atoms with Crippen molar-refractivity contribution in [2.24, 2.45) is 0 Å². The van der Waals surface area contributed by atoms with Crippen LogP contribution in [0.5, 0.6) is 5.75 Å². The fraction of sp³-hybridized carbons (Fsp3) is 0.136. The zero-order valence-electron chi connectivity index (χ0n) is 15.9. The van der Waals surface area contributed by atoms with Crippen LogP contribution >= 0.6 is 11.3 Å². The van der Waals surface area contributed by atoms with Gasteiger partial charge in [-0.1, -0.05) is 12.1 Å². The van der Waals surface area contributed by atoms with Crippen LogP contribution in [0.25, 0.3) is 17.3 Å². The standard InChI is InChI=1S/C22H18FN3O2S/c1-3-28-19-10-4-15(5-11-19)12-17(13-24)21(27)26-22-25-20(14(2)29-22)16-6-8-18(23)9-7-16/h4-12H,3H2,1-2H3,(H,25,26,27)/b17-12+. The summed E-state index contributed by atoms with van der Waals surface area (Å²) in [4.78, 5) is 17.8. The van der Waals surface area contributed by atoms with Gasteiger partial charge in [0.25, 0.3) is 5.91 Å². The average Bonchev–Trinajstić information content (AvgIpc) is 3.08. The number of carbonyl (C=O) groups excluding carboxylic acids is 1. The average molecular weight is 407 g/mol. The van der Waals surface area contributed by atoms with Crippen LogP contribution < -0.4 is 10.1 Å². The molecule has 146 valence electrons. The first-order valence-electron chi connectivity index (χ1n) is 8.89. The molecule has 3 aromatic rings. The predicted molar refractivity (Wildman–Crippen MR) is 112 cm³/mol. The highest BCUT2D eigenvalue weighted by Crippen LogP contribution is 2.30. The van der Waals surface area contributed by atoms with E-state index in [1.54, 1.807) is 36.4 Å². The lowest BCUT2D eigenvalue weighted by Gasteiger charge is -2.03. The van der Waals surface area contributed by atoms with Crippen LogP contribution in [-0.2, 0) is 4.79 Å².